The quantitative estimate of drug-likeness (QED) is 0.134. The largest absolute Gasteiger partial charge is 0.344 e. The number of pyridine rings is 1. The summed E-state index contributed by atoms with van der Waals surface area (Å²) in [4.78, 5) is 58.8. The second kappa shape index (κ2) is 16.2. The second-order valence-electron chi connectivity index (χ2n) is 19.0. The van der Waals surface area contributed by atoms with Crippen molar-refractivity contribution in [3.63, 3.8) is 0 Å². The van der Waals surface area contributed by atoms with Crippen molar-refractivity contribution in [3.05, 3.63) is 138 Å². The van der Waals surface area contributed by atoms with Crippen molar-refractivity contribution in [1.29, 1.82) is 0 Å². The van der Waals surface area contributed by atoms with Crippen molar-refractivity contribution < 1.29 is 9.59 Å². The SMILES string of the molecule is CN(C)C(C(=O)N1CCCC1c1ncc(-c2ccc3nc(C45CCC(c6cnc(C7CCCN7C(=O)C(c7ccccc7)N(C)C)[nH]6)(CC4)CC5)ccc3c2)[nH]1)c1ccccc1. The molecule has 2 amide bonds. The summed E-state index contributed by atoms with van der Waals surface area (Å²) in [7, 11) is 7.92. The highest BCUT2D eigenvalue weighted by molar-refractivity contribution is 5.85. The molecule has 4 atom stereocenters. The van der Waals surface area contributed by atoms with Gasteiger partial charge in [0.25, 0.3) is 0 Å². The van der Waals surface area contributed by atoms with Crippen molar-refractivity contribution in [2.45, 2.75) is 99.2 Å². The van der Waals surface area contributed by atoms with Crippen molar-refractivity contribution >= 4 is 22.7 Å². The van der Waals surface area contributed by atoms with Crippen LogP contribution in [-0.2, 0) is 20.4 Å². The average Bonchev–Trinajstić information content (AvgIpc) is 4.15. The Labute approximate surface area is 365 Å². The lowest BCUT2D eigenvalue weighted by Gasteiger charge is -2.53. The molecule has 4 unspecified atom stereocenters. The standard InChI is InChI=1S/C51H59N9O2/c1-57(2)44(34-13-7-5-8-14-34)48(61)59-29-11-17-40(59)46-52-32-39(55-46)37-19-21-38-36(31-37)20-22-42(54-38)50-23-26-51(27-24-50,28-25-50)43-33-53-47(56-43)41-18-12-30-60(41)49(62)45(58(3)4)35-15-9-6-10-16-35/h5-10,13-16,19-22,31-33,40-41,44-45H,11-12,17-18,23-30H2,1-4H3,(H,52,55)(H,53,56). The molecule has 3 saturated carbocycles. The Bertz CT molecular complexity index is 2540. The molecule has 11 nitrogen and oxygen atoms in total. The number of H-pyrrole nitrogens is 2. The van der Waals surface area contributed by atoms with Crippen LogP contribution in [-0.4, -0.2) is 97.6 Å². The first-order valence-electron chi connectivity index (χ1n) is 22.7. The minimum Gasteiger partial charge on any atom is -0.344 e. The zero-order valence-corrected chi connectivity index (χ0v) is 36.6. The molecule has 2 N–H and O–H groups in total. The highest BCUT2D eigenvalue weighted by atomic mass is 16.2. The number of benzene rings is 3. The molecule has 2 saturated heterocycles. The molecule has 62 heavy (non-hydrogen) atoms. The summed E-state index contributed by atoms with van der Waals surface area (Å²) < 4.78 is 0. The van der Waals surface area contributed by atoms with Gasteiger partial charge in [-0.15, -0.1) is 0 Å². The van der Waals surface area contributed by atoms with E-state index in [4.69, 9.17) is 15.0 Å². The lowest BCUT2D eigenvalue weighted by atomic mass is 9.52. The van der Waals surface area contributed by atoms with Crippen LogP contribution < -0.4 is 0 Å². The number of likely N-dealkylation sites (N-methyl/N-ethyl adjacent to an activating group) is 2. The number of fused-ring (bicyclic) bond motifs is 4. The van der Waals surface area contributed by atoms with E-state index in [2.05, 4.69) is 63.5 Å². The number of rotatable bonds is 11. The summed E-state index contributed by atoms with van der Waals surface area (Å²) in [5.74, 6) is 2.04. The molecule has 5 heterocycles. The molecular formula is C51H59N9O2. The average molecular weight is 830 g/mol. The van der Waals surface area contributed by atoms with Gasteiger partial charge in [0.1, 0.15) is 23.7 Å². The smallest absolute Gasteiger partial charge is 0.245 e. The number of amides is 2. The normalized spacial score (nSPS) is 24.7. The van der Waals surface area contributed by atoms with Gasteiger partial charge in [-0.3, -0.25) is 24.4 Å². The van der Waals surface area contributed by atoms with Crippen LogP contribution in [0.2, 0.25) is 0 Å². The van der Waals surface area contributed by atoms with Crippen LogP contribution in [0.15, 0.2) is 103 Å². The highest BCUT2D eigenvalue weighted by Gasteiger charge is 2.52. The van der Waals surface area contributed by atoms with Crippen molar-refractivity contribution in [2.24, 2.45) is 0 Å². The summed E-state index contributed by atoms with van der Waals surface area (Å²) in [5, 5.41) is 1.11. The van der Waals surface area contributed by atoms with E-state index in [0.717, 1.165) is 122 Å². The number of nitrogens with zero attached hydrogens (tertiary/aromatic N) is 7. The number of likely N-dealkylation sites (tertiary alicyclic amines) is 2. The number of aromatic amines is 2. The molecule has 3 aromatic carbocycles. The fourth-order valence-corrected chi connectivity index (χ4v) is 11.5. The van der Waals surface area contributed by atoms with Gasteiger partial charge >= 0.3 is 0 Å². The van der Waals surface area contributed by atoms with Gasteiger partial charge in [-0.05, 0) is 122 Å². The number of hydrogen-bond acceptors (Lipinski definition) is 7. The van der Waals surface area contributed by atoms with Crippen LogP contribution in [0.25, 0.3) is 22.2 Å². The number of carbonyl (C=O) groups excluding carboxylic acids is 2. The topological polar surface area (TPSA) is 117 Å². The molecule has 11 rings (SSSR count). The van der Waals surface area contributed by atoms with Crippen LogP contribution in [0, 0.1) is 0 Å². The summed E-state index contributed by atoms with van der Waals surface area (Å²) >= 11 is 0. The lowest BCUT2D eigenvalue weighted by Crippen LogP contribution is -2.47. The van der Waals surface area contributed by atoms with Gasteiger partial charge < -0.3 is 19.8 Å². The summed E-state index contributed by atoms with van der Waals surface area (Å²) in [5.41, 5.74) is 7.68. The fourth-order valence-electron chi connectivity index (χ4n) is 11.5. The molecule has 0 spiro atoms. The Morgan fingerprint density at radius 2 is 1.18 bits per heavy atom. The third kappa shape index (κ3) is 7.12. The van der Waals surface area contributed by atoms with Crippen LogP contribution >= 0.6 is 0 Å². The number of aromatic nitrogens is 5. The summed E-state index contributed by atoms with van der Waals surface area (Å²) in [6.45, 7) is 1.48. The van der Waals surface area contributed by atoms with E-state index in [9.17, 15) is 9.59 Å². The second-order valence-corrected chi connectivity index (χ2v) is 19.0. The lowest BCUT2D eigenvalue weighted by molar-refractivity contribution is -0.138. The molecular weight excluding hydrogens is 771 g/mol. The molecule has 3 aliphatic carbocycles. The summed E-state index contributed by atoms with van der Waals surface area (Å²) in [6, 6.07) is 30.4. The van der Waals surface area contributed by atoms with Crippen LogP contribution in [0.5, 0.6) is 0 Å². The first-order chi connectivity index (χ1) is 30.1. The maximum Gasteiger partial charge on any atom is 0.245 e. The molecule has 320 valence electrons. The van der Waals surface area contributed by atoms with Crippen molar-refractivity contribution in [3.8, 4) is 11.3 Å². The first kappa shape index (κ1) is 40.4. The molecule has 5 fully saturated rings. The van der Waals surface area contributed by atoms with E-state index >= 15 is 0 Å². The Kier molecular flexibility index (Phi) is 10.6. The Hall–Kier alpha value is -5.65. The third-order valence-electron chi connectivity index (χ3n) is 15.0. The fraction of sp³-hybridized carbons (Fsp3) is 0.431. The number of nitrogens with one attached hydrogen (secondary N) is 2. The van der Waals surface area contributed by atoms with Crippen molar-refractivity contribution in [2.75, 3.05) is 41.3 Å². The number of imidazole rings is 2. The van der Waals surface area contributed by atoms with Crippen LogP contribution in [0.3, 0.4) is 0 Å². The van der Waals surface area contributed by atoms with Gasteiger partial charge in [-0.2, -0.15) is 0 Å². The maximum atomic E-state index is 14.1. The summed E-state index contributed by atoms with van der Waals surface area (Å²) in [6.07, 6.45) is 14.4. The molecule has 6 aromatic rings. The molecule has 11 heteroatoms. The minimum absolute atomic E-state index is 0.0302. The van der Waals surface area contributed by atoms with Gasteiger partial charge in [0.15, 0.2) is 0 Å². The molecule has 2 bridgehead atoms. The first-order valence-corrected chi connectivity index (χ1v) is 22.7. The zero-order chi connectivity index (χ0) is 42.6. The van der Waals surface area contributed by atoms with Gasteiger partial charge in [-0.25, -0.2) is 9.97 Å². The maximum absolute atomic E-state index is 14.1. The third-order valence-corrected chi connectivity index (χ3v) is 15.0. The van der Waals surface area contributed by atoms with Gasteiger partial charge in [-0.1, -0.05) is 72.8 Å². The van der Waals surface area contributed by atoms with Gasteiger partial charge in [0.05, 0.1) is 29.5 Å². The van der Waals surface area contributed by atoms with Crippen LogP contribution in [0.4, 0.5) is 0 Å². The predicted octanol–water partition coefficient (Wildman–Crippen LogP) is 8.82. The van der Waals surface area contributed by atoms with E-state index in [1.165, 1.54) is 11.4 Å². The van der Waals surface area contributed by atoms with E-state index in [1.807, 2.05) is 97.6 Å². The van der Waals surface area contributed by atoms with E-state index < -0.39 is 0 Å². The van der Waals surface area contributed by atoms with E-state index in [-0.39, 0.29) is 46.8 Å². The molecule has 5 aliphatic rings. The van der Waals surface area contributed by atoms with Gasteiger partial charge in [0.2, 0.25) is 11.8 Å². The Morgan fingerprint density at radius 1 is 0.645 bits per heavy atom. The molecule has 3 aromatic heterocycles. The minimum atomic E-state index is -0.340. The van der Waals surface area contributed by atoms with E-state index in [0.29, 0.717) is 0 Å². The highest BCUT2D eigenvalue weighted by Crippen LogP contribution is 2.58. The molecule has 0 radical (unpaired) electrons. The van der Waals surface area contributed by atoms with Crippen LogP contribution in [0.1, 0.15) is 123 Å². The predicted molar refractivity (Wildman–Crippen MR) is 242 cm³/mol. The monoisotopic (exact) mass is 829 g/mol. The van der Waals surface area contributed by atoms with Gasteiger partial charge in [0, 0.05) is 52.5 Å². The Morgan fingerprint density at radius 3 is 1.74 bits per heavy atom. The number of carbonyl (C=O) groups is 2. The number of hydrogen-bond donors (Lipinski definition) is 2. The molecule has 2 aliphatic heterocycles. The van der Waals surface area contributed by atoms with E-state index in [1.54, 1.807) is 0 Å². The van der Waals surface area contributed by atoms with Crippen molar-refractivity contribution in [1.82, 2.24) is 44.5 Å². The Balaban J connectivity index is 0.814. The zero-order valence-electron chi connectivity index (χ0n) is 36.6.